The van der Waals surface area contributed by atoms with Crippen molar-refractivity contribution in [2.24, 2.45) is 11.8 Å². The summed E-state index contributed by atoms with van der Waals surface area (Å²) in [4.78, 5) is 57.3. The Morgan fingerprint density at radius 1 is 0.911 bits per heavy atom. The first kappa shape index (κ1) is 28.4. The van der Waals surface area contributed by atoms with Crippen LogP contribution in [0.15, 0.2) is 103 Å². The van der Waals surface area contributed by atoms with E-state index in [0.717, 1.165) is 17.5 Å². The lowest BCUT2D eigenvalue weighted by Crippen LogP contribution is -2.51. The Kier molecular flexibility index (Phi) is 6.73. The molecule has 8 nitrogen and oxygen atoms in total. The first-order chi connectivity index (χ1) is 21.7. The van der Waals surface area contributed by atoms with Gasteiger partial charge in [-0.3, -0.25) is 24.5 Å². The molecule has 4 aromatic rings. The van der Waals surface area contributed by atoms with Crippen LogP contribution in [0.3, 0.4) is 0 Å². The zero-order valence-corrected chi connectivity index (χ0v) is 24.8. The van der Waals surface area contributed by atoms with Crippen LogP contribution >= 0.6 is 0 Å². The highest BCUT2D eigenvalue weighted by Gasteiger charge is 2.70. The highest BCUT2D eigenvalue weighted by molar-refractivity contribution is 6.18. The SMILES string of the molecule is CC(C)Cc1ccc(C(=O)[C@@H]2[C@@H](C(=O)c3cccc([N+](=O)[O-])c3)N3c4ccccc4C=C[C@@H]3[C@@]23C(=O)Nc2ccccc23)cc1. The van der Waals surface area contributed by atoms with E-state index in [1.54, 1.807) is 12.1 Å². The van der Waals surface area contributed by atoms with Gasteiger partial charge >= 0.3 is 0 Å². The summed E-state index contributed by atoms with van der Waals surface area (Å²) >= 11 is 0. The van der Waals surface area contributed by atoms with Gasteiger partial charge in [-0.2, -0.15) is 0 Å². The molecule has 7 rings (SSSR count). The highest BCUT2D eigenvalue weighted by atomic mass is 16.6. The van der Waals surface area contributed by atoms with Gasteiger partial charge in [-0.15, -0.1) is 0 Å². The normalized spacial score (nSPS) is 22.6. The minimum atomic E-state index is -1.45. The third-order valence-electron chi connectivity index (χ3n) is 9.32. The van der Waals surface area contributed by atoms with Crippen LogP contribution in [-0.4, -0.2) is 34.5 Å². The lowest BCUT2D eigenvalue weighted by Gasteiger charge is -2.37. The zero-order valence-electron chi connectivity index (χ0n) is 24.8. The first-order valence-electron chi connectivity index (χ1n) is 15.1. The van der Waals surface area contributed by atoms with Crippen molar-refractivity contribution in [3.8, 4) is 0 Å². The fourth-order valence-corrected chi connectivity index (χ4v) is 7.52. The van der Waals surface area contributed by atoms with Crippen LogP contribution in [0.1, 0.15) is 51.3 Å². The van der Waals surface area contributed by atoms with Crippen molar-refractivity contribution in [1.29, 1.82) is 0 Å². The molecule has 0 aliphatic carbocycles. The molecule has 0 saturated carbocycles. The molecule has 45 heavy (non-hydrogen) atoms. The van der Waals surface area contributed by atoms with Gasteiger partial charge in [0.1, 0.15) is 11.5 Å². The van der Waals surface area contributed by atoms with Crippen LogP contribution in [-0.2, 0) is 16.6 Å². The number of non-ortho nitro benzene ring substituents is 1. The number of nitro groups is 1. The Balaban J connectivity index is 1.48. The van der Waals surface area contributed by atoms with Gasteiger partial charge in [-0.05, 0) is 41.2 Å². The van der Waals surface area contributed by atoms with Crippen molar-refractivity contribution in [3.05, 3.63) is 141 Å². The van der Waals surface area contributed by atoms with Gasteiger partial charge < -0.3 is 10.2 Å². The van der Waals surface area contributed by atoms with E-state index in [9.17, 15) is 24.5 Å². The smallest absolute Gasteiger partial charge is 0.270 e. The predicted molar refractivity (Wildman–Crippen MR) is 173 cm³/mol. The molecule has 1 amide bonds. The number of fused-ring (bicyclic) bond motifs is 6. The average Bonchev–Trinajstić information content (AvgIpc) is 3.52. The highest BCUT2D eigenvalue weighted by Crippen LogP contribution is 2.58. The number of hydrogen-bond acceptors (Lipinski definition) is 6. The summed E-state index contributed by atoms with van der Waals surface area (Å²) < 4.78 is 0. The second-order valence-corrected chi connectivity index (χ2v) is 12.4. The number of carbonyl (C=O) groups excluding carboxylic acids is 3. The molecule has 3 aliphatic rings. The Labute approximate surface area is 260 Å². The van der Waals surface area contributed by atoms with Crippen LogP contribution in [0.2, 0.25) is 0 Å². The summed E-state index contributed by atoms with van der Waals surface area (Å²) in [7, 11) is 0. The number of benzene rings is 4. The lowest BCUT2D eigenvalue weighted by atomic mass is 9.64. The van der Waals surface area contributed by atoms with Gasteiger partial charge in [-0.25, -0.2) is 0 Å². The van der Waals surface area contributed by atoms with Crippen molar-refractivity contribution >= 4 is 40.6 Å². The molecular formula is C37H31N3O5. The van der Waals surface area contributed by atoms with Gasteiger partial charge in [0.15, 0.2) is 11.6 Å². The quantitative estimate of drug-likeness (QED) is 0.145. The van der Waals surface area contributed by atoms with E-state index >= 15 is 0 Å². The number of nitrogens with one attached hydrogen (secondary N) is 1. The fraction of sp³-hybridized carbons (Fsp3) is 0.216. The molecule has 1 N–H and O–H groups in total. The summed E-state index contributed by atoms with van der Waals surface area (Å²) in [5, 5.41) is 14.7. The number of ketones is 2. The molecular weight excluding hydrogens is 566 g/mol. The molecule has 0 radical (unpaired) electrons. The fourth-order valence-electron chi connectivity index (χ4n) is 7.52. The summed E-state index contributed by atoms with van der Waals surface area (Å²) in [6.07, 6.45) is 4.70. The molecule has 0 aromatic heterocycles. The Morgan fingerprint density at radius 3 is 2.40 bits per heavy atom. The second-order valence-electron chi connectivity index (χ2n) is 12.4. The maximum absolute atomic E-state index is 15.0. The first-order valence-corrected chi connectivity index (χ1v) is 15.1. The van der Waals surface area contributed by atoms with Gasteiger partial charge in [-0.1, -0.05) is 98.8 Å². The van der Waals surface area contributed by atoms with E-state index in [0.29, 0.717) is 28.4 Å². The zero-order chi connectivity index (χ0) is 31.5. The number of anilines is 2. The standard InChI is InChI=1S/C37H31N3O5/c1-22(2)20-23-14-16-25(17-15-23)34(41)32-33(35(42)26-9-7-10-27(21-26)40(44)45)39-30-13-6-3-8-24(30)18-19-31(39)37(32)28-11-4-5-12-29(28)38-36(37)43/h3-19,21-22,31-33H,20H2,1-2H3,(H,38,43)/t31-,32+,33+,37-/m1/s1. The lowest BCUT2D eigenvalue weighted by molar-refractivity contribution is -0.384. The van der Waals surface area contributed by atoms with Crippen molar-refractivity contribution in [2.45, 2.75) is 37.8 Å². The van der Waals surface area contributed by atoms with E-state index in [1.807, 2.05) is 77.7 Å². The van der Waals surface area contributed by atoms with Crippen molar-refractivity contribution in [1.82, 2.24) is 0 Å². The molecule has 4 aromatic carbocycles. The summed E-state index contributed by atoms with van der Waals surface area (Å²) in [5.41, 5.74) is 2.73. The molecule has 224 valence electrons. The van der Waals surface area contributed by atoms with Crippen LogP contribution in [0.5, 0.6) is 0 Å². The number of para-hydroxylation sites is 2. The van der Waals surface area contributed by atoms with Crippen LogP contribution in [0, 0.1) is 22.0 Å². The van der Waals surface area contributed by atoms with Gasteiger partial charge in [0, 0.05) is 34.6 Å². The topological polar surface area (TPSA) is 110 Å². The molecule has 1 saturated heterocycles. The molecule has 3 aliphatic heterocycles. The average molecular weight is 598 g/mol. The van der Waals surface area contributed by atoms with Crippen LogP contribution < -0.4 is 10.2 Å². The third kappa shape index (κ3) is 4.31. The Morgan fingerprint density at radius 2 is 1.64 bits per heavy atom. The number of hydrogen-bond donors (Lipinski definition) is 1. The predicted octanol–water partition coefficient (Wildman–Crippen LogP) is 6.65. The van der Waals surface area contributed by atoms with Crippen molar-refractivity contribution in [2.75, 3.05) is 10.2 Å². The van der Waals surface area contributed by atoms with Crippen molar-refractivity contribution < 1.29 is 19.3 Å². The Bertz CT molecular complexity index is 1910. The number of nitro benzene ring substituents is 1. The maximum atomic E-state index is 15.0. The maximum Gasteiger partial charge on any atom is 0.270 e. The van der Waals surface area contributed by atoms with E-state index in [-0.39, 0.29) is 22.9 Å². The summed E-state index contributed by atoms with van der Waals surface area (Å²) in [5.74, 6) is -1.86. The largest absolute Gasteiger partial charge is 0.352 e. The van der Waals surface area contributed by atoms with E-state index in [4.69, 9.17) is 0 Å². The van der Waals surface area contributed by atoms with Gasteiger partial charge in [0.25, 0.3) is 5.69 Å². The van der Waals surface area contributed by atoms with Gasteiger partial charge in [0.05, 0.1) is 16.9 Å². The molecule has 4 atom stereocenters. The molecule has 0 bridgehead atoms. The minimum absolute atomic E-state index is 0.105. The summed E-state index contributed by atoms with van der Waals surface area (Å²) in [6.45, 7) is 4.26. The van der Waals surface area contributed by atoms with Crippen LogP contribution in [0.25, 0.3) is 6.08 Å². The van der Waals surface area contributed by atoms with E-state index in [1.165, 1.54) is 24.3 Å². The second kappa shape index (κ2) is 10.7. The number of amides is 1. The Hall–Kier alpha value is -5.37. The number of rotatable bonds is 7. The third-order valence-corrected chi connectivity index (χ3v) is 9.32. The molecule has 0 unspecified atom stereocenters. The van der Waals surface area contributed by atoms with Gasteiger partial charge in [0.2, 0.25) is 5.91 Å². The molecule has 8 heteroatoms. The molecule has 3 heterocycles. The van der Waals surface area contributed by atoms with E-state index < -0.39 is 34.1 Å². The molecule has 1 spiro atoms. The van der Waals surface area contributed by atoms with Crippen LogP contribution in [0.4, 0.5) is 17.1 Å². The number of Topliss-reactive ketones (excluding diaryl/α,β-unsaturated/α-hetero) is 2. The van der Waals surface area contributed by atoms with E-state index in [2.05, 4.69) is 19.2 Å². The minimum Gasteiger partial charge on any atom is -0.352 e. The summed E-state index contributed by atoms with van der Waals surface area (Å²) in [6, 6.07) is 26.1. The number of carbonyl (C=O) groups is 3. The van der Waals surface area contributed by atoms with Crippen molar-refractivity contribution in [3.63, 3.8) is 0 Å². The number of nitrogens with zero attached hydrogens (tertiary/aromatic N) is 2. The molecule has 1 fully saturated rings. The monoisotopic (exact) mass is 597 g/mol.